The van der Waals surface area contributed by atoms with Gasteiger partial charge < -0.3 is 5.73 Å². The van der Waals surface area contributed by atoms with E-state index in [4.69, 9.17) is 5.73 Å². The van der Waals surface area contributed by atoms with E-state index >= 15 is 0 Å². The highest BCUT2D eigenvalue weighted by atomic mass is 15.0. The molecule has 14 heavy (non-hydrogen) atoms. The Morgan fingerprint density at radius 3 is 2.29 bits per heavy atom. The number of rotatable bonds is 1. The summed E-state index contributed by atoms with van der Waals surface area (Å²) >= 11 is 0. The van der Waals surface area contributed by atoms with Crippen LogP contribution in [0.15, 0.2) is 28.2 Å². The summed E-state index contributed by atoms with van der Waals surface area (Å²) in [4.78, 5) is 8.05. The Morgan fingerprint density at radius 1 is 1.21 bits per heavy atom. The van der Waals surface area contributed by atoms with Crippen LogP contribution >= 0.6 is 0 Å². The smallest absolute Gasteiger partial charge is 0.220 e. The molecule has 0 amide bonds. The lowest BCUT2D eigenvalue weighted by atomic mass is 10.1. The number of nitrogens with zero attached hydrogens (tertiary/aromatic N) is 2. The molecular formula is C11H15N3. The monoisotopic (exact) mass is 189 g/mol. The van der Waals surface area contributed by atoms with Gasteiger partial charge in [-0.3, -0.25) is 0 Å². The van der Waals surface area contributed by atoms with E-state index < -0.39 is 0 Å². The predicted molar refractivity (Wildman–Crippen MR) is 61.4 cm³/mol. The molecule has 1 aromatic carbocycles. The van der Waals surface area contributed by atoms with Crippen molar-refractivity contribution in [3.63, 3.8) is 0 Å². The minimum absolute atomic E-state index is 0.289. The summed E-state index contributed by atoms with van der Waals surface area (Å²) in [6.45, 7) is 5.88. The number of hydrogen-bond donors (Lipinski definition) is 1. The van der Waals surface area contributed by atoms with Gasteiger partial charge >= 0.3 is 0 Å². The molecule has 74 valence electrons. The van der Waals surface area contributed by atoms with Gasteiger partial charge in [0, 0.05) is 6.21 Å². The Balaban J connectivity index is 3.02. The minimum atomic E-state index is 0.289. The third-order valence-corrected chi connectivity index (χ3v) is 1.71. The Labute approximate surface area is 84.4 Å². The van der Waals surface area contributed by atoms with Gasteiger partial charge in [0.05, 0.1) is 5.69 Å². The lowest BCUT2D eigenvalue weighted by molar-refractivity contribution is 1.34. The number of hydrogen-bond acceptors (Lipinski definition) is 1. The van der Waals surface area contributed by atoms with Gasteiger partial charge in [0.25, 0.3) is 0 Å². The Bertz CT molecular complexity index is 358. The van der Waals surface area contributed by atoms with E-state index in [1.165, 1.54) is 11.1 Å². The van der Waals surface area contributed by atoms with Gasteiger partial charge in [-0.05, 0) is 44.0 Å². The van der Waals surface area contributed by atoms with Crippen LogP contribution in [0.2, 0.25) is 0 Å². The maximum atomic E-state index is 5.57. The van der Waals surface area contributed by atoms with Crippen molar-refractivity contribution in [2.45, 2.75) is 20.8 Å². The molecular weight excluding hydrogens is 174 g/mol. The van der Waals surface area contributed by atoms with E-state index in [0.29, 0.717) is 0 Å². The first-order chi connectivity index (χ1) is 6.61. The number of benzene rings is 1. The Morgan fingerprint density at radius 2 is 1.79 bits per heavy atom. The molecule has 0 radical (unpaired) electrons. The average molecular weight is 189 g/mol. The SMILES string of the molecule is C/C=N\C(N)=Nc1cc(C)cc(C)c1. The summed E-state index contributed by atoms with van der Waals surface area (Å²) in [6.07, 6.45) is 1.63. The third-order valence-electron chi connectivity index (χ3n) is 1.71. The van der Waals surface area contributed by atoms with Crippen molar-refractivity contribution in [2.24, 2.45) is 15.7 Å². The van der Waals surface area contributed by atoms with Gasteiger partial charge in [-0.2, -0.15) is 0 Å². The molecule has 1 rings (SSSR count). The van der Waals surface area contributed by atoms with Crippen LogP contribution in [0.5, 0.6) is 0 Å². The first-order valence-electron chi connectivity index (χ1n) is 4.53. The molecule has 1 aromatic rings. The molecule has 0 saturated carbocycles. The lowest BCUT2D eigenvalue weighted by Gasteiger charge is -1.99. The topological polar surface area (TPSA) is 50.7 Å². The second-order valence-corrected chi connectivity index (χ2v) is 3.20. The fourth-order valence-corrected chi connectivity index (χ4v) is 1.31. The first kappa shape index (κ1) is 10.4. The van der Waals surface area contributed by atoms with Crippen molar-refractivity contribution in [3.05, 3.63) is 29.3 Å². The maximum absolute atomic E-state index is 5.57. The minimum Gasteiger partial charge on any atom is -0.368 e. The largest absolute Gasteiger partial charge is 0.368 e. The molecule has 0 saturated heterocycles. The summed E-state index contributed by atoms with van der Waals surface area (Å²) in [7, 11) is 0. The van der Waals surface area contributed by atoms with Crippen LogP contribution in [0.4, 0.5) is 5.69 Å². The molecule has 0 atom stereocenters. The fraction of sp³-hybridized carbons (Fsp3) is 0.273. The van der Waals surface area contributed by atoms with Crippen LogP contribution in [-0.2, 0) is 0 Å². The third kappa shape index (κ3) is 3.01. The van der Waals surface area contributed by atoms with E-state index in [9.17, 15) is 0 Å². The molecule has 0 aromatic heterocycles. The summed E-state index contributed by atoms with van der Waals surface area (Å²) in [5, 5.41) is 0. The van der Waals surface area contributed by atoms with Crippen molar-refractivity contribution in [1.29, 1.82) is 0 Å². The Kier molecular flexibility index (Phi) is 3.40. The van der Waals surface area contributed by atoms with Gasteiger partial charge in [0.15, 0.2) is 0 Å². The number of aryl methyl sites for hydroxylation is 2. The maximum Gasteiger partial charge on any atom is 0.220 e. The van der Waals surface area contributed by atoms with Gasteiger partial charge in [-0.25, -0.2) is 9.98 Å². The summed E-state index contributed by atoms with van der Waals surface area (Å²) in [6, 6.07) is 6.05. The van der Waals surface area contributed by atoms with Gasteiger partial charge in [-0.15, -0.1) is 0 Å². The van der Waals surface area contributed by atoms with E-state index in [2.05, 4.69) is 16.1 Å². The zero-order valence-corrected chi connectivity index (χ0v) is 8.78. The predicted octanol–water partition coefficient (Wildman–Crippen LogP) is 2.34. The molecule has 3 nitrogen and oxygen atoms in total. The van der Waals surface area contributed by atoms with E-state index in [1.807, 2.05) is 32.9 Å². The number of nitrogens with two attached hydrogens (primary N) is 1. The van der Waals surface area contributed by atoms with Crippen LogP contribution in [0.25, 0.3) is 0 Å². The highest BCUT2D eigenvalue weighted by Crippen LogP contribution is 2.16. The normalized spacial score (nSPS) is 12.4. The lowest BCUT2D eigenvalue weighted by Crippen LogP contribution is -2.07. The van der Waals surface area contributed by atoms with Crippen LogP contribution in [-0.4, -0.2) is 12.2 Å². The molecule has 2 N–H and O–H groups in total. The van der Waals surface area contributed by atoms with E-state index in [0.717, 1.165) is 5.69 Å². The fourth-order valence-electron chi connectivity index (χ4n) is 1.31. The second kappa shape index (κ2) is 4.56. The van der Waals surface area contributed by atoms with E-state index in [1.54, 1.807) is 6.21 Å². The molecule has 0 heterocycles. The average Bonchev–Trinajstić information content (AvgIpc) is 2.01. The van der Waals surface area contributed by atoms with Crippen LogP contribution in [0.3, 0.4) is 0 Å². The number of aliphatic imine (C=N–C) groups is 2. The molecule has 0 unspecified atom stereocenters. The summed E-state index contributed by atoms with van der Waals surface area (Å²) in [5.41, 5.74) is 8.78. The zero-order chi connectivity index (χ0) is 10.6. The van der Waals surface area contributed by atoms with Crippen molar-refractivity contribution in [1.82, 2.24) is 0 Å². The first-order valence-corrected chi connectivity index (χ1v) is 4.53. The van der Waals surface area contributed by atoms with Crippen LogP contribution < -0.4 is 5.73 Å². The van der Waals surface area contributed by atoms with Crippen LogP contribution in [0, 0.1) is 13.8 Å². The number of guanidine groups is 1. The molecule has 0 aliphatic rings. The highest BCUT2D eigenvalue weighted by molar-refractivity contribution is 5.87. The van der Waals surface area contributed by atoms with Crippen molar-refractivity contribution in [3.8, 4) is 0 Å². The summed E-state index contributed by atoms with van der Waals surface area (Å²) < 4.78 is 0. The van der Waals surface area contributed by atoms with Crippen molar-refractivity contribution < 1.29 is 0 Å². The van der Waals surface area contributed by atoms with Gasteiger partial charge in [0.1, 0.15) is 0 Å². The van der Waals surface area contributed by atoms with Crippen molar-refractivity contribution in [2.75, 3.05) is 0 Å². The van der Waals surface area contributed by atoms with Gasteiger partial charge in [0.2, 0.25) is 5.96 Å². The quantitative estimate of drug-likeness (QED) is 0.535. The highest BCUT2D eigenvalue weighted by Gasteiger charge is 1.94. The van der Waals surface area contributed by atoms with E-state index in [-0.39, 0.29) is 5.96 Å². The zero-order valence-electron chi connectivity index (χ0n) is 8.78. The molecule has 0 aliphatic heterocycles. The van der Waals surface area contributed by atoms with Gasteiger partial charge in [-0.1, -0.05) is 6.07 Å². The Hall–Kier alpha value is -1.64. The van der Waals surface area contributed by atoms with Crippen LogP contribution in [0.1, 0.15) is 18.1 Å². The molecule has 0 aliphatic carbocycles. The molecule has 0 fully saturated rings. The van der Waals surface area contributed by atoms with Crippen molar-refractivity contribution >= 4 is 17.9 Å². The molecule has 0 spiro atoms. The second-order valence-electron chi connectivity index (χ2n) is 3.20. The summed E-state index contributed by atoms with van der Waals surface area (Å²) in [5.74, 6) is 0.289. The molecule has 3 heteroatoms. The molecule has 0 bridgehead atoms. The standard InChI is InChI=1S/C11H15N3/c1-4-13-11(12)14-10-6-8(2)5-9(3)7-10/h4-7H,1-3H3,(H2,12,14)/b13-4-.